The SMILES string of the molecule is COc1ccc(/C=C2/C(=N)N3N=C(C(C)C)SC3=NC2=O)cc1. The lowest BCUT2D eigenvalue weighted by Crippen LogP contribution is -2.35. The molecule has 23 heavy (non-hydrogen) atoms. The fourth-order valence-corrected chi connectivity index (χ4v) is 3.00. The van der Waals surface area contributed by atoms with E-state index < -0.39 is 5.91 Å². The van der Waals surface area contributed by atoms with Gasteiger partial charge in [-0.15, -0.1) is 0 Å². The van der Waals surface area contributed by atoms with Crippen LogP contribution in [0.3, 0.4) is 0 Å². The summed E-state index contributed by atoms with van der Waals surface area (Å²) in [6, 6.07) is 7.26. The number of nitrogens with zero attached hydrogens (tertiary/aromatic N) is 3. The Kier molecular flexibility index (Phi) is 4.04. The van der Waals surface area contributed by atoms with Crippen LogP contribution in [-0.2, 0) is 4.79 Å². The van der Waals surface area contributed by atoms with Crippen molar-refractivity contribution < 1.29 is 9.53 Å². The van der Waals surface area contributed by atoms with E-state index in [4.69, 9.17) is 10.1 Å². The van der Waals surface area contributed by atoms with Crippen molar-refractivity contribution in [1.29, 1.82) is 5.41 Å². The van der Waals surface area contributed by atoms with Crippen LogP contribution in [0.1, 0.15) is 19.4 Å². The Morgan fingerprint density at radius 3 is 2.61 bits per heavy atom. The van der Waals surface area contributed by atoms with Crippen LogP contribution in [0.4, 0.5) is 0 Å². The topological polar surface area (TPSA) is 78.1 Å². The summed E-state index contributed by atoms with van der Waals surface area (Å²) >= 11 is 1.34. The van der Waals surface area contributed by atoms with E-state index in [2.05, 4.69) is 10.1 Å². The highest BCUT2D eigenvalue weighted by atomic mass is 32.2. The Morgan fingerprint density at radius 2 is 2.00 bits per heavy atom. The van der Waals surface area contributed by atoms with E-state index in [1.54, 1.807) is 25.3 Å². The van der Waals surface area contributed by atoms with E-state index in [-0.39, 0.29) is 17.3 Å². The summed E-state index contributed by atoms with van der Waals surface area (Å²) in [5.41, 5.74) is 1.03. The third kappa shape index (κ3) is 2.92. The van der Waals surface area contributed by atoms with Gasteiger partial charge in [0.2, 0.25) is 5.17 Å². The monoisotopic (exact) mass is 328 g/mol. The van der Waals surface area contributed by atoms with Crippen LogP contribution in [0.15, 0.2) is 39.9 Å². The molecule has 0 aromatic heterocycles. The smallest absolute Gasteiger partial charge is 0.283 e. The second kappa shape index (κ2) is 6.00. The number of thioether (sulfide) groups is 1. The zero-order chi connectivity index (χ0) is 16.6. The molecule has 2 aliphatic heterocycles. The van der Waals surface area contributed by atoms with E-state index in [0.29, 0.717) is 5.17 Å². The van der Waals surface area contributed by atoms with Gasteiger partial charge in [0, 0.05) is 5.92 Å². The first-order valence-electron chi connectivity index (χ1n) is 7.13. The van der Waals surface area contributed by atoms with Gasteiger partial charge in [-0.2, -0.15) is 15.1 Å². The van der Waals surface area contributed by atoms with E-state index in [1.165, 1.54) is 16.8 Å². The first kappa shape index (κ1) is 15.5. The summed E-state index contributed by atoms with van der Waals surface area (Å²) in [5.74, 6) is 0.605. The first-order chi connectivity index (χ1) is 11.0. The summed E-state index contributed by atoms with van der Waals surface area (Å²) < 4.78 is 5.11. The molecule has 3 rings (SSSR count). The minimum atomic E-state index is -0.412. The molecule has 1 amide bonds. The molecule has 2 aliphatic rings. The van der Waals surface area contributed by atoms with Crippen molar-refractivity contribution in [2.75, 3.05) is 7.11 Å². The van der Waals surface area contributed by atoms with E-state index in [0.717, 1.165) is 16.4 Å². The third-order valence-corrected chi connectivity index (χ3v) is 4.60. The van der Waals surface area contributed by atoms with Crippen LogP contribution in [0.2, 0.25) is 0 Å². The molecular formula is C16H16N4O2S. The maximum absolute atomic E-state index is 12.2. The van der Waals surface area contributed by atoms with E-state index in [9.17, 15) is 4.79 Å². The number of hydrazone groups is 1. The van der Waals surface area contributed by atoms with Crippen LogP contribution in [0.5, 0.6) is 5.75 Å². The Balaban J connectivity index is 1.93. The largest absolute Gasteiger partial charge is 0.497 e. The quantitative estimate of drug-likeness (QED) is 0.865. The lowest BCUT2D eigenvalue weighted by atomic mass is 10.1. The summed E-state index contributed by atoms with van der Waals surface area (Å²) in [4.78, 5) is 16.3. The third-order valence-electron chi connectivity index (χ3n) is 3.39. The zero-order valence-electron chi connectivity index (χ0n) is 13.0. The lowest BCUT2D eigenvalue weighted by Gasteiger charge is -2.20. The molecule has 0 spiro atoms. The molecule has 2 heterocycles. The van der Waals surface area contributed by atoms with Gasteiger partial charge in [0.15, 0.2) is 5.84 Å². The van der Waals surface area contributed by atoms with Gasteiger partial charge in [0.1, 0.15) is 10.8 Å². The molecule has 7 heteroatoms. The fourth-order valence-electron chi connectivity index (χ4n) is 2.11. The summed E-state index contributed by atoms with van der Waals surface area (Å²) in [6.45, 7) is 4.04. The molecule has 1 aromatic rings. The Labute approximate surface area is 138 Å². The highest BCUT2D eigenvalue weighted by Crippen LogP contribution is 2.30. The molecule has 0 saturated heterocycles. The number of benzene rings is 1. The number of rotatable bonds is 3. The second-order valence-corrected chi connectivity index (χ2v) is 6.37. The van der Waals surface area contributed by atoms with Crippen LogP contribution in [0.25, 0.3) is 6.08 Å². The van der Waals surface area contributed by atoms with Crippen LogP contribution >= 0.6 is 11.8 Å². The summed E-state index contributed by atoms with van der Waals surface area (Å²) in [6.07, 6.45) is 1.65. The summed E-state index contributed by atoms with van der Waals surface area (Å²) in [7, 11) is 1.60. The molecule has 0 aliphatic carbocycles. The van der Waals surface area contributed by atoms with Gasteiger partial charge in [-0.3, -0.25) is 10.2 Å². The van der Waals surface area contributed by atoms with Crippen molar-refractivity contribution in [3.8, 4) is 5.75 Å². The van der Waals surface area contributed by atoms with Crippen LogP contribution < -0.4 is 4.74 Å². The van der Waals surface area contributed by atoms with E-state index >= 15 is 0 Å². The number of methoxy groups -OCH3 is 1. The molecule has 0 saturated carbocycles. The highest BCUT2D eigenvalue weighted by molar-refractivity contribution is 8.27. The molecule has 1 N–H and O–H groups in total. The Morgan fingerprint density at radius 1 is 1.30 bits per heavy atom. The van der Waals surface area contributed by atoms with Crippen molar-refractivity contribution in [3.05, 3.63) is 35.4 Å². The first-order valence-corrected chi connectivity index (χ1v) is 7.95. The van der Waals surface area contributed by atoms with Crippen molar-refractivity contribution in [2.24, 2.45) is 16.0 Å². The maximum atomic E-state index is 12.2. The van der Waals surface area contributed by atoms with Gasteiger partial charge in [-0.25, -0.2) is 0 Å². The number of hydrogen-bond donors (Lipinski definition) is 1. The predicted octanol–water partition coefficient (Wildman–Crippen LogP) is 2.97. The average Bonchev–Trinajstić information content (AvgIpc) is 2.96. The molecule has 0 atom stereocenters. The standard InChI is InChI=1S/C16H16N4O2S/c1-9(2)15-19-20-13(17)12(14(21)18-16(20)23-15)8-10-4-6-11(22-3)7-5-10/h4-9,17H,1-3H3/b12-8-,17-13?. The van der Waals surface area contributed by atoms with Crippen molar-refractivity contribution in [2.45, 2.75) is 13.8 Å². The van der Waals surface area contributed by atoms with Gasteiger partial charge in [-0.05, 0) is 35.5 Å². The van der Waals surface area contributed by atoms with Crippen molar-refractivity contribution >= 4 is 39.8 Å². The number of amidine groups is 2. The molecule has 0 radical (unpaired) electrons. The highest BCUT2D eigenvalue weighted by Gasteiger charge is 2.36. The van der Waals surface area contributed by atoms with E-state index in [1.807, 2.05) is 26.0 Å². The van der Waals surface area contributed by atoms with Crippen LogP contribution in [0, 0.1) is 11.3 Å². The fraction of sp³-hybridized carbons (Fsp3) is 0.250. The number of nitrogens with one attached hydrogen (secondary N) is 1. The molecule has 6 nitrogen and oxygen atoms in total. The number of ether oxygens (including phenoxy) is 1. The van der Waals surface area contributed by atoms with Gasteiger partial charge < -0.3 is 4.74 Å². The maximum Gasteiger partial charge on any atom is 0.283 e. The summed E-state index contributed by atoms with van der Waals surface area (Å²) in [5, 5.41) is 15.4. The Hall–Kier alpha value is -2.41. The zero-order valence-corrected chi connectivity index (χ0v) is 13.8. The number of amides is 1. The number of carbonyl (C=O) groups is 1. The number of carbonyl (C=O) groups excluding carboxylic acids is 1. The van der Waals surface area contributed by atoms with Gasteiger partial charge in [0.25, 0.3) is 5.91 Å². The number of fused-ring (bicyclic) bond motifs is 1. The van der Waals surface area contributed by atoms with Gasteiger partial charge >= 0.3 is 0 Å². The van der Waals surface area contributed by atoms with Gasteiger partial charge in [-0.1, -0.05) is 26.0 Å². The minimum Gasteiger partial charge on any atom is -0.497 e. The number of hydrogen-bond acceptors (Lipinski definition) is 5. The molecule has 0 bridgehead atoms. The molecule has 0 fully saturated rings. The lowest BCUT2D eigenvalue weighted by molar-refractivity contribution is -0.114. The van der Waals surface area contributed by atoms with Crippen molar-refractivity contribution in [3.63, 3.8) is 0 Å². The Bertz CT molecular complexity index is 763. The van der Waals surface area contributed by atoms with Crippen LogP contribution in [-0.4, -0.2) is 34.1 Å². The average molecular weight is 328 g/mol. The minimum absolute atomic E-state index is 0.0546. The number of aliphatic imine (C=N–C) groups is 1. The molecule has 0 unspecified atom stereocenters. The second-order valence-electron chi connectivity index (χ2n) is 5.39. The normalized spacial score (nSPS) is 19.1. The molecule has 1 aromatic carbocycles. The molecule has 118 valence electrons. The van der Waals surface area contributed by atoms with Crippen molar-refractivity contribution in [1.82, 2.24) is 5.01 Å². The molecular weight excluding hydrogens is 312 g/mol. The predicted molar refractivity (Wildman–Crippen MR) is 92.8 cm³/mol. The van der Waals surface area contributed by atoms with Gasteiger partial charge in [0.05, 0.1) is 12.7 Å².